The molecule has 0 aromatic rings. The highest BCUT2D eigenvalue weighted by Gasteiger charge is 2.85. The maximum absolute atomic E-state index is 12.2. The van der Waals surface area contributed by atoms with Gasteiger partial charge in [0.05, 0.1) is 6.10 Å². The highest BCUT2D eigenvalue weighted by Crippen LogP contribution is 2.82. The van der Waals surface area contributed by atoms with Crippen molar-refractivity contribution in [3.05, 3.63) is 11.6 Å². The van der Waals surface area contributed by atoms with E-state index in [-0.39, 0.29) is 34.1 Å². The maximum Gasteiger partial charge on any atom is 0.306 e. The molecule has 0 amide bonds. The molecule has 4 saturated carbocycles. The number of esters is 1. The van der Waals surface area contributed by atoms with Gasteiger partial charge in [-0.15, -0.1) is 0 Å². The first-order valence-corrected chi connectivity index (χ1v) is 11.0. The van der Waals surface area contributed by atoms with Crippen LogP contribution in [0.4, 0.5) is 0 Å². The lowest BCUT2D eigenvalue weighted by Gasteiger charge is -2.56. The first-order chi connectivity index (χ1) is 12.8. The van der Waals surface area contributed by atoms with Crippen LogP contribution < -0.4 is 0 Å². The first-order valence-electron chi connectivity index (χ1n) is 11.0. The van der Waals surface area contributed by atoms with Gasteiger partial charge in [0.2, 0.25) is 0 Å². The van der Waals surface area contributed by atoms with Crippen LogP contribution in [-0.2, 0) is 19.1 Å². The van der Waals surface area contributed by atoms with Crippen LogP contribution in [-0.4, -0.2) is 29.1 Å². The minimum Gasteiger partial charge on any atom is -0.458 e. The lowest BCUT2D eigenvalue weighted by Crippen LogP contribution is -2.60. The smallest absolute Gasteiger partial charge is 0.306 e. The summed E-state index contributed by atoms with van der Waals surface area (Å²) in [7, 11) is 0. The summed E-state index contributed by atoms with van der Waals surface area (Å²) in [5, 5.41) is 0. The molecule has 4 nitrogen and oxygen atoms in total. The molecule has 7 aliphatic rings. The number of ether oxygens (including phenoxy) is 2. The minimum absolute atomic E-state index is 0.00124. The fourth-order valence-corrected chi connectivity index (χ4v) is 9.12. The second kappa shape index (κ2) is 4.22. The van der Waals surface area contributed by atoms with E-state index in [0.29, 0.717) is 42.3 Å². The molecule has 2 saturated heterocycles. The van der Waals surface area contributed by atoms with Gasteiger partial charge < -0.3 is 9.47 Å². The van der Waals surface area contributed by atoms with Crippen molar-refractivity contribution < 1.29 is 19.1 Å². The topological polar surface area (TPSA) is 55.9 Å². The molecule has 4 heteroatoms. The van der Waals surface area contributed by atoms with Gasteiger partial charge in [-0.1, -0.05) is 19.4 Å². The Labute approximate surface area is 160 Å². The molecule has 0 N–H and O–H groups in total. The number of fused-ring (bicyclic) bond motifs is 7. The number of carbonyl (C=O) groups excluding carboxylic acids is 2. The maximum atomic E-state index is 12.2. The average molecular weight is 368 g/mol. The van der Waals surface area contributed by atoms with Gasteiger partial charge in [0, 0.05) is 23.7 Å². The van der Waals surface area contributed by atoms with Crippen LogP contribution in [0, 0.1) is 34.5 Å². The number of epoxide rings is 1. The van der Waals surface area contributed by atoms with Crippen LogP contribution in [0.1, 0.15) is 65.2 Å². The third-order valence-electron chi connectivity index (χ3n) is 10.4. The normalized spacial score (nSPS) is 62.0. The zero-order valence-electron chi connectivity index (χ0n) is 16.3. The van der Waals surface area contributed by atoms with E-state index in [0.717, 1.165) is 25.7 Å². The second-order valence-electron chi connectivity index (χ2n) is 11.1. The molecule has 0 aromatic carbocycles. The Morgan fingerprint density at radius 1 is 1.11 bits per heavy atom. The number of hydrogen-bond donors (Lipinski definition) is 0. The van der Waals surface area contributed by atoms with Gasteiger partial charge in [-0.3, -0.25) is 9.59 Å². The van der Waals surface area contributed by atoms with E-state index in [1.807, 2.05) is 6.08 Å². The molecule has 2 aliphatic heterocycles. The van der Waals surface area contributed by atoms with Crippen molar-refractivity contribution in [3.8, 4) is 0 Å². The molecule has 0 aromatic heterocycles. The van der Waals surface area contributed by atoms with E-state index in [1.165, 1.54) is 18.4 Å². The SMILES string of the molecule is C[C@]12CCC(=O)C=C1[C@@H]1C[C@@H]1[C@H]1[C@@H]3CC[C@@]4(CCC(=O)O4)[C@@]3(C)C[C@@H]3OC132. The summed E-state index contributed by atoms with van der Waals surface area (Å²) in [5.74, 6) is 2.77. The van der Waals surface area contributed by atoms with Crippen molar-refractivity contribution in [2.45, 2.75) is 82.5 Å². The Balaban J connectivity index is 1.36. The standard InChI is InChI=1S/C23H28O4/c1-20-6-3-12(24)9-16(20)13-10-14(13)19-15-4-7-22(8-5-18(25)27-22)21(15,2)11-17-23(19,20)26-17/h9,13-15,17,19H,3-8,10-11H2,1-2H3/t13-,14+,15+,17+,19+,20+,21+,22-,23?/m1/s1. The van der Waals surface area contributed by atoms with Crippen molar-refractivity contribution >= 4 is 11.8 Å². The quantitative estimate of drug-likeness (QED) is 0.484. The Hall–Kier alpha value is -1.16. The molecule has 6 fully saturated rings. The van der Waals surface area contributed by atoms with E-state index in [9.17, 15) is 9.59 Å². The molecule has 0 bridgehead atoms. The molecule has 2 spiro atoms. The molecule has 144 valence electrons. The highest BCUT2D eigenvalue weighted by molar-refractivity contribution is 5.92. The molecule has 9 atom stereocenters. The Kier molecular flexibility index (Phi) is 2.46. The van der Waals surface area contributed by atoms with Crippen molar-refractivity contribution in [1.29, 1.82) is 0 Å². The lowest BCUT2D eigenvalue weighted by molar-refractivity contribution is -0.164. The molecule has 2 heterocycles. The third-order valence-corrected chi connectivity index (χ3v) is 10.4. The van der Waals surface area contributed by atoms with Gasteiger partial charge in [0.15, 0.2) is 5.78 Å². The van der Waals surface area contributed by atoms with Gasteiger partial charge in [0.1, 0.15) is 11.2 Å². The summed E-state index contributed by atoms with van der Waals surface area (Å²) in [4.78, 5) is 24.2. The van der Waals surface area contributed by atoms with Crippen molar-refractivity contribution in [1.82, 2.24) is 0 Å². The molecular weight excluding hydrogens is 340 g/mol. The van der Waals surface area contributed by atoms with Gasteiger partial charge >= 0.3 is 5.97 Å². The summed E-state index contributed by atoms with van der Waals surface area (Å²) in [6, 6.07) is 0. The Morgan fingerprint density at radius 3 is 2.74 bits per heavy atom. The minimum atomic E-state index is -0.239. The van der Waals surface area contributed by atoms with Crippen LogP contribution in [0.2, 0.25) is 0 Å². The van der Waals surface area contributed by atoms with Crippen molar-refractivity contribution in [2.24, 2.45) is 34.5 Å². The van der Waals surface area contributed by atoms with E-state index >= 15 is 0 Å². The fraction of sp³-hybridized carbons (Fsp3) is 0.826. The monoisotopic (exact) mass is 368 g/mol. The van der Waals surface area contributed by atoms with Crippen molar-refractivity contribution in [2.75, 3.05) is 0 Å². The number of carbonyl (C=O) groups is 2. The van der Waals surface area contributed by atoms with Crippen LogP contribution in [0.3, 0.4) is 0 Å². The number of rotatable bonds is 0. The van der Waals surface area contributed by atoms with Crippen molar-refractivity contribution in [3.63, 3.8) is 0 Å². The van der Waals surface area contributed by atoms with Crippen LogP contribution in [0.15, 0.2) is 11.6 Å². The summed E-state index contributed by atoms with van der Waals surface area (Å²) in [6.45, 7) is 4.81. The molecule has 7 rings (SSSR count). The average Bonchev–Trinajstić information content (AvgIpc) is 3.49. The van der Waals surface area contributed by atoms with E-state index < -0.39 is 0 Å². The first kappa shape index (κ1) is 15.7. The van der Waals surface area contributed by atoms with Crippen LogP contribution in [0.25, 0.3) is 0 Å². The lowest BCUT2D eigenvalue weighted by atomic mass is 9.46. The van der Waals surface area contributed by atoms with Crippen LogP contribution >= 0.6 is 0 Å². The number of hydrogen-bond acceptors (Lipinski definition) is 4. The van der Waals surface area contributed by atoms with E-state index in [4.69, 9.17) is 9.47 Å². The van der Waals surface area contributed by atoms with Crippen LogP contribution in [0.5, 0.6) is 0 Å². The molecule has 0 radical (unpaired) electrons. The molecule has 5 aliphatic carbocycles. The predicted molar refractivity (Wildman–Crippen MR) is 96.6 cm³/mol. The second-order valence-corrected chi connectivity index (χ2v) is 11.1. The number of ketones is 1. The van der Waals surface area contributed by atoms with Gasteiger partial charge in [-0.05, 0) is 68.3 Å². The summed E-state index contributed by atoms with van der Waals surface area (Å²) >= 11 is 0. The molecule has 1 unspecified atom stereocenters. The summed E-state index contributed by atoms with van der Waals surface area (Å²) in [5.41, 5.74) is 1.24. The zero-order chi connectivity index (χ0) is 18.4. The third kappa shape index (κ3) is 1.47. The Bertz CT molecular complexity index is 845. The predicted octanol–water partition coefficient (Wildman–Crippen LogP) is 3.58. The van der Waals surface area contributed by atoms with Gasteiger partial charge in [-0.25, -0.2) is 0 Å². The zero-order valence-corrected chi connectivity index (χ0v) is 16.3. The summed E-state index contributed by atoms with van der Waals surface area (Å²) < 4.78 is 12.8. The largest absolute Gasteiger partial charge is 0.458 e. The van der Waals surface area contributed by atoms with E-state index in [2.05, 4.69) is 13.8 Å². The molecule has 27 heavy (non-hydrogen) atoms. The molecular formula is C23H28O4. The Morgan fingerprint density at radius 2 is 1.96 bits per heavy atom. The van der Waals surface area contributed by atoms with E-state index in [1.54, 1.807) is 0 Å². The highest BCUT2D eigenvalue weighted by atomic mass is 16.6. The summed E-state index contributed by atoms with van der Waals surface area (Å²) in [6.07, 6.45) is 9.85. The van der Waals surface area contributed by atoms with Gasteiger partial charge in [-0.2, -0.15) is 0 Å². The van der Waals surface area contributed by atoms with Gasteiger partial charge in [0.25, 0.3) is 0 Å². The fourth-order valence-electron chi connectivity index (χ4n) is 9.12.